The van der Waals surface area contributed by atoms with Crippen molar-refractivity contribution in [3.8, 4) is 0 Å². The van der Waals surface area contributed by atoms with Gasteiger partial charge in [-0.1, -0.05) is 53.1 Å². The minimum Gasteiger partial charge on any atom is -0.268 e. The van der Waals surface area contributed by atoms with Crippen molar-refractivity contribution in [3.63, 3.8) is 0 Å². The zero-order valence-corrected chi connectivity index (χ0v) is 16.3. The van der Waals surface area contributed by atoms with E-state index in [1.807, 2.05) is 20.8 Å². The van der Waals surface area contributed by atoms with Crippen LogP contribution >= 0.6 is 0 Å². The summed E-state index contributed by atoms with van der Waals surface area (Å²) in [4.78, 5) is 13.3. The minimum absolute atomic E-state index is 0.0779. The maximum atomic E-state index is 13.3. The van der Waals surface area contributed by atoms with Crippen LogP contribution in [0.5, 0.6) is 0 Å². The summed E-state index contributed by atoms with van der Waals surface area (Å²) in [7, 11) is -4.06. The average molecular weight is 379 g/mol. The summed E-state index contributed by atoms with van der Waals surface area (Å²) in [5.41, 5.74) is 3.55. The van der Waals surface area contributed by atoms with E-state index in [0.717, 1.165) is 21.0 Å². The third-order valence-corrected chi connectivity index (χ3v) is 6.04. The Morgan fingerprint density at radius 2 is 1.07 bits per heavy atom. The van der Waals surface area contributed by atoms with Crippen molar-refractivity contribution in [1.29, 1.82) is 0 Å². The van der Waals surface area contributed by atoms with Crippen LogP contribution < -0.4 is 4.31 Å². The first-order chi connectivity index (χ1) is 12.8. The molecular formula is C22H21NO3S. The standard InChI is InChI=1S/C22H21NO3S/c1-16-4-10-19(11-5-16)22(24)23(20-12-6-17(2)7-13-20)27(25,26)21-14-8-18(3)9-15-21/h4-15H,1-3H3. The van der Waals surface area contributed by atoms with Gasteiger partial charge in [-0.25, -0.2) is 8.42 Å². The van der Waals surface area contributed by atoms with Crippen molar-refractivity contribution in [1.82, 2.24) is 0 Å². The summed E-state index contributed by atoms with van der Waals surface area (Å²) in [5, 5.41) is 0. The van der Waals surface area contributed by atoms with Gasteiger partial charge < -0.3 is 0 Å². The lowest BCUT2D eigenvalue weighted by atomic mass is 10.1. The van der Waals surface area contributed by atoms with E-state index >= 15 is 0 Å². The van der Waals surface area contributed by atoms with E-state index in [-0.39, 0.29) is 4.90 Å². The third kappa shape index (κ3) is 3.93. The number of sulfonamides is 1. The van der Waals surface area contributed by atoms with Gasteiger partial charge in [-0.15, -0.1) is 0 Å². The van der Waals surface area contributed by atoms with Gasteiger partial charge in [0.05, 0.1) is 10.6 Å². The topological polar surface area (TPSA) is 54.5 Å². The first-order valence-electron chi connectivity index (χ1n) is 8.59. The fourth-order valence-electron chi connectivity index (χ4n) is 2.67. The van der Waals surface area contributed by atoms with Crippen molar-refractivity contribution in [2.24, 2.45) is 0 Å². The molecule has 0 atom stereocenters. The second-order valence-electron chi connectivity index (χ2n) is 6.59. The third-order valence-electron chi connectivity index (χ3n) is 4.31. The van der Waals surface area contributed by atoms with E-state index in [4.69, 9.17) is 0 Å². The van der Waals surface area contributed by atoms with Crippen molar-refractivity contribution >= 4 is 21.6 Å². The Balaban J connectivity index is 2.15. The highest BCUT2D eigenvalue weighted by atomic mass is 32.2. The molecule has 5 heteroatoms. The fourth-order valence-corrected chi connectivity index (χ4v) is 4.09. The van der Waals surface area contributed by atoms with Gasteiger partial charge >= 0.3 is 0 Å². The highest BCUT2D eigenvalue weighted by Gasteiger charge is 2.31. The predicted octanol–water partition coefficient (Wildman–Crippen LogP) is 4.65. The molecule has 3 rings (SSSR count). The van der Waals surface area contributed by atoms with E-state index in [9.17, 15) is 13.2 Å². The van der Waals surface area contributed by atoms with Crippen LogP contribution in [0.15, 0.2) is 77.7 Å². The Kier molecular flexibility index (Phi) is 5.15. The molecular weight excluding hydrogens is 358 g/mol. The molecule has 0 heterocycles. The number of aryl methyl sites for hydroxylation is 3. The number of nitrogens with zero attached hydrogens (tertiary/aromatic N) is 1. The Morgan fingerprint density at radius 3 is 1.56 bits per heavy atom. The number of amides is 1. The largest absolute Gasteiger partial charge is 0.272 e. The maximum absolute atomic E-state index is 13.3. The van der Waals surface area contributed by atoms with E-state index in [1.165, 1.54) is 12.1 Å². The second kappa shape index (κ2) is 7.37. The first kappa shape index (κ1) is 18.9. The lowest BCUT2D eigenvalue weighted by molar-refractivity contribution is 0.101. The van der Waals surface area contributed by atoms with Crippen LogP contribution in [0, 0.1) is 20.8 Å². The summed E-state index contributed by atoms with van der Waals surface area (Å²) < 4.78 is 27.5. The molecule has 1 amide bonds. The molecule has 0 aliphatic heterocycles. The first-order valence-corrected chi connectivity index (χ1v) is 10.0. The minimum atomic E-state index is -4.06. The van der Waals surface area contributed by atoms with Gasteiger partial charge in [-0.2, -0.15) is 4.31 Å². The number of benzene rings is 3. The normalized spacial score (nSPS) is 11.2. The molecule has 138 valence electrons. The molecule has 0 N–H and O–H groups in total. The van der Waals surface area contributed by atoms with Gasteiger partial charge in [-0.3, -0.25) is 4.79 Å². The van der Waals surface area contributed by atoms with Gasteiger partial charge in [0.1, 0.15) is 0 Å². The monoisotopic (exact) mass is 379 g/mol. The number of carbonyl (C=O) groups excluding carboxylic acids is 1. The number of anilines is 1. The van der Waals surface area contributed by atoms with Crippen LogP contribution in [0.4, 0.5) is 5.69 Å². The zero-order valence-electron chi connectivity index (χ0n) is 15.5. The van der Waals surface area contributed by atoms with Crippen LogP contribution in [0.2, 0.25) is 0 Å². The van der Waals surface area contributed by atoms with E-state index in [0.29, 0.717) is 11.3 Å². The van der Waals surface area contributed by atoms with Crippen LogP contribution in [0.25, 0.3) is 0 Å². The van der Waals surface area contributed by atoms with Gasteiger partial charge in [0.15, 0.2) is 0 Å². The molecule has 0 aliphatic carbocycles. The number of rotatable bonds is 4. The molecule has 3 aromatic carbocycles. The summed E-state index contributed by atoms with van der Waals surface area (Å²) in [5.74, 6) is -0.584. The van der Waals surface area contributed by atoms with E-state index in [2.05, 4.69) is 0 Å². The van der Waals surface area contributed by atoms with Crippen LogP contribution in [-0.2, 0) is 10.0 Å². The summed E-state index contributed by atoms with van der Waals surface area (Å²) in [6.45, 7) is 5.70. The van der Waals surface area contributed by atoms with E-state index in [1.54, 1.807) is 60.7 Å². The fraction of sp³-hybridized carbons (Fsp3) is 0.136. The van der Waals surface area contributed by atoms with Gasteiger partial charge in [0, 0.05) is 5.56 Å². The van der Waals surface area contributed by atoms with Crippen molar-refractivity contribution in [2.75, 3.05) is 4.31 Å². The quantitative estimate of drug-likeness (QED) is 0.663. The predicted molar refractivity (Wildman–Crippen MR) is 108 cm³/mol. The molecule has 4 nitrogen and oxygen atoms in total. The molecule has 0 saturated carbocycles. The second-order valence-corrected chi connectivity index (χ2v) is 8.38. The Bertz CT molecular complexity index is 1050. The Morgan fingerprint density at radius 1 is 0.667 bits per heavy atom. The lowest BCUT2D eigenvalue weighted by Crippen LogP contribution is -2.37. The maximum Gasteiger partial charge on any atom is 0.272 e. The molecule has 0 radical (unpaired) electrons. The van der Waals surface area contributed by atoms with Crippen LogP contribution in [0.3, 0.4) is 0 Å². The zero-order chi connectivity index (χ0) is 19.6. The van der Waals surface area contributed by atoms with Crippen molar-refractivity contribution < 1.29 is 13.2 Å². The summed E-state index contributed by atoms with van der Waals surface area (Å²) >= 11 is 0. The molecule has 0 spiro atoms. The highest BCUT2D eigenvalue weighted by molar-refractivity contribution is 7.93. The lowest BCUT2D eigenvalue weighted by Gasteiger charge is -2.23. The van der Waals surface area contributed by atoms with E-state index < -0.39 is 15.9 Å². The van der Waals surface area contributed by atoms with Crippen molar-refractivity contribution in [2.45, 2.75) is 25.7 Å². The van der Waals surface area contributed by atoms with Crippen LogP contribution in [-0.4, -0.2) is 14.3 Å². The van der Waals surface area contributed by atoms with Gasteiger partial charge in [-0.05, 0) is 57.2 Å². The molecule has 3 aromatic rings. The molecule has 0 saturated heterocycles. The van der Waals surface area contributed by atoms with Gasteiger partial charge in [0.2, 0.25) is 0 Å². The molecule has 0 unspecified atom stereocenters. The molecule has 27 heavy (non-hydrogen) atoms. The number of hydrogen-bond acceptors (Lipinski definition) is 3. The highest BCUT2D eigenvalue weighted by Crippen LogP contribution is 2.26. The number of hydrogen-bond donors (Lipinski definition) is 0. The summed E-state index contributed by atoms with van der Waals surface area (Å²) in [6, 6.07) is 20.2. The molecule has 0 fully saturated rings. The molecule has 0 aliphatic rings. The number of carbonyl (C=O) groups is 1. The van der Waals surface area contributed by atoms with Crippen molar-refractivity contribution in [3.05, 3.63) is 95.1 Å². The molecule has 0 aromatic heterocycles. The SMILES string of the molecule is Cc1ccc(C(=O)N(c2ccc(C)cc2)S(=O)(=O)c2ccc(C)cc2)cc1. The Hall–Kier alpha value is -2.92. The average Bonchev–Trinajstić information content (AvgIpc) is 2.64. The smallest absolute Gasteiger partial charge is 0.268 e. The molecule has 0 bridgehead atoms. The summed E-state index contributed by atoms with van der Waals surface area (Å²) in [6.07, 6.45) is 0. The van der Waals surface area contributed by atoms with Gasteiger partial charge in [0.25, 0.3) is 15.9 Å². The Labute approximate surface area is 160 Å². The van der Waals surface area contributed by atoms with Crippen LogP contribution in [0.1, 0.15) is 27.0 Å².